The number of phenols is 1. The Kier molecular flexibility index (Phi) is 8.77. The van der Waals surface area contributed by atoms with Gasteiger partial charge in [-0.3, -0.25) is 14.5 Å². The number of carbonyl (C=O) groups excluding carboxylic acids is 2. The second kappa shape index (κ2) is 12.0. The van der Waals surface area contributed by atoms with Crippen molar-refractivity contribution in [2.45, 2.75) is 18.8 Å². The molecule has 224 valence electrons. The van der Waals surface area contributed by atoms with E-state index in [1.54, 1.807) is 0 Å². The molecule has 0 spiro atoms. The first-order chi connectivity index (χ1) is 20.0. The van der Waals surface area contributed by atoms with Gasteiger partial charge in [-0.1, -0.05) is 30.0 Å². The van der Waals surface area contributed by atoms with Crippen molar-refractivity contribution in [3.63, 3.8) is 0 Å². The van der Waals surface area contributed by atoms with Crippen LogP contribution in [0.3, 0.4) is 0 Å². The Hall–Kier alpha value is -4.51. The number of carboxylic acid groups (broad SMARTS) is 1. The highest BCUT2D eigenvalue weighted by molar-refractivity contribution is 8.26. The fourth-order valence-electron chi connectivity index (χ4n) is 3.72. The number of benzene rings is 1. The standard InChI is InChI=1S/C26H16F6N4O5S2/c27-25(28,29)19-8-12(9-20(35-19)26(30,31)32)16-3-1-2-13(33-16)11-18-22(39)36(24(42)43-18)7-6-21(38)34-14-4-5-15(23(40)41)17(37)10-14/h1-5,8-11,37H,6-7H2,(H,34,38)(H,40,41). The molecular formula is C26H16F6N4O5S2. The van der Waals surface area contributed by atoms with Gasteiger partial charge in [-0.15, -0.1) is 0 Å². The number of anilines is 1. The van der Waals surface area contributed by atoms with E-state index in [0.29, 0.717) is 12.1 Å². The van der Waals surface area contributed by atoms with E-state index < -0.39 is 52.8 Å². The maximum atomic E-state index is 13.2. The predicted molar refractivity (Wildman–Crippen MR) is 146 cm³/mol. The molecule has 0 bridgehead atoms. The number of carboxylic acids is 1. The first-order valence-corrected chi connectivity index (χ1v) is 13.0. The van der Waals surface area contributed by atoms with Gasteiger partial charge in [-0.2, -0.15) is 26.3 Å². The Balaban J connectivity index is 1.49. The van der Waals surface area contributed by atoms with E-state index in [9.17, 15) is 45.8 Å². The highest BCUT2D eigenvalue weighted by Crippen LogP contribution is 2.37. The van der Waals surface area contributed by atoms with Crippen LogP contribution in [0.2, 0.25) is 0 Å². The molecule has 2 amide bonds. The second-order valence-electron chi connectivity index (χ2n) is 8.74. The number of carbonyl (C=O) groups is 3. The summed E-state index contributed by atoms with van der Waals surface area (Å²) in [7, 11) is 0. The number of hydrogen-bond donors (Lipinski definition) is 3. The molecule has 0 atom stereocenters. The third-order valence-corrected chi connectivity index (χ3v) is 7.08. The van der Waals surface area contributed by atoms with Crippen LogP contribution in [0.4, 0.5) is 32.0 Å². The zero-order valence-electron chi connectivity index (χ0n) is 21.2. The zero-order valence-corrected chi connectivity index (χ0v) is 22.8. The molecule has 3 N–H and O–H groups in total. The van der Waals surface area contributed by atoms with E-state index >= 15 is 0 Å². The Morgan fingerprint density at radius 3 is 2.23 bits per heavy atom. The summed E-state index contributed by atoms with van der Waals surface area (Å²) in [5.41, 5.74) is -4.43. The SMILES string of the molecule is O=C(CCN1C(=O)C(=Cc2cccc(-c3cc(C(F)(F)F)nc(C(F)(F)F)c3)n2)SC1=S)Nc1ccc(C(=O)O)c(O)c1. The molecule has 1 aliphatic rings. The lowest BCUT2D eigenvalue weighted by atomic mass is 10.1. The van der Waals surface area contributed by atoms with Crippen LogP contribution in [0.5, 0.6) is 5.75 Å². The number of thiocarbonyl (C=S) groups is 1. The Morgan fingerprint density at radius 1 is 1.00 bits per heavy atom. The molecular weight excluding hydrogens is 626 g/mol. The minimum absolute atomic E-state index is 0.0410. The number of rotatable bonds is 7. The molecule has 17 heteroatoms. The number of thioether (sulfide) groups is 1. The average Bonchev–Trinajstić information content (AvgIpc) is 3.17. The summed E-state index contributed by atoms with van der Waals surface area (Å²) >= 11 is 6.07. The highest BCUT2D eigenvalue weighted by atomic mass is 32.2. The lowest BCUT2D eigenvalue weighted by Gasteiger charge is -2.14. The van der Waals surface area contributed by atoms with Gasteiger partial charge >= 0.3 is 18.3 Å². The number of amides is 2. The first kappa shape index (κ1) is 31.4. The third-order valence-electron chi connectivity index (χ3n) is 5.70. The fraction of sp³-hybridized carbons (Fsp3) is 0.154. The van der Waals surface area contributed by atoms with Crippen LogP contribution in [0.1, 0.15) is 33.9 Å². The van der Waals surface area contributed by atoms with Gasteiger partial charge in [0.2, 0.25) is 5.91 Å². The third kappa shape index (κ3) is 7.47. The van der Waals surface area contributed by atoms with Gasteiger partial charge in [0.05, 0.1) is 16.3 Å². The summed E-state index contributed by atoms with van der Waals surface area (Å²) < 4.78 is 79.4. The Morgan fingerprint density at radius 2 is 1.65 bits per heavy atom. The van der Waals surface area contributed by atoms with Crippen molar-refractivity contribution in [1.82, 2.24) is 14.9 Å². The minimum Gasteiger partial charge on any atom is -0.507 e. The van der Waals surface area contributed by atoms with E-state index in [1.807, 2.05) is 0 Å². The van der Waals surface area contributed by atoms with Crippen LogP contribution < -0.4 is 5.32 Å². The van der Waals surface area contributed by atoms with Gasteiger partial charge in [0.15, 0.2) is 0 Å². The van der Waals surface area contributed by atoms with Gasteiger partial charge in [0.25, 0.3) is 5.91 Å². The number of pyridine rings is 2. The first-order valence-electron chi connectivity index (χ1n) is 11.8. The van der Waals surface area contributed by atoms with Crippen LogP contribution in [0.25, 0.3) is 17.3 Å². The van der Waals surface area contributed by atoms with Crippen LogP contribution in [-0.4, -0.2) is 53.7 Å². The van der Waals surface area contributed by atoms with Crippen molar-refractivity contribution in [3.05, 3.63) is 76.1 Å². The molecule has 1 aromatic carbocycles. The monoisotopic (exact) mass is 642 g/mol. The number of aromatic hydroxyl groups is 1. The summed E-state index contributed by atoms with van der Waals surface area (Å²) in [6.45, 7) is -0.155. The van der Waals surface area contributed by atoms with Gasteiger partial charge in [-0.25, -0.2) is 14.8 Å². The van der Waals surface area contributed by atoms with E-state index in [0.717, 1.165) is 28.8 Å². The summed E-state index contributed by atoms with van der Waals surface area (Å²) in [6.07, 6.45) is -9.27. The smallest absolute Gasteiger partial charge is 0.433 e. The number of hydrogen-bond acceptors (Lipinski definition) is 8. The number of aromatic nitrogens is 2. The molecule has 0 radical (unpaired) electrons. The van der Waals surface area contributed by atoms with Crippen molar-refractivity contribution in [1.29, 1.82) is 0 Å². The topological polar surface area (TPSA) is 133 Å². The highest BCUT2D eigenvalue weighted by Gasteiger charge is 2.39. The molecule has 0 unspecified atom stereocenters. The largest absolute Gasteiger partial charge is 0.507 e. The Bertz CT molecular complexity index is 1640. The van der Waals surface area contributed by atoms with Gasteiger partial charge in [0, 0.05) is 30.3 Å². The fourth-order valence-corrected chi connectivity index (χ4v) is 5.01. The second-order valence-corrected chi connectivity index (χ2v) is 10.4. The van der Waals surface area contributed by atoms with Crippen molar-refractivity contribution in [2.75, 3.05) is 11.9 Å². The predicted octanol–water partition coefficient (Wildman–Crippen LogP) is 5.82. The molecule has 9 nitrogen and oxygen atoms in total. The number of halogens is 6. The van der Waals surface area contributed by atoms with Gasteiger partial charge in [-0.05, 0) is 42.5 Å². The molecule has 0 saturated carbocycles. The van der Waals surface area contributed by atoms with Gasteiger partial charge < -0.3 is 15.5 Å². The van der Waals surface area contributed by atoms with Crippen molar-refractivity contribution < 1.29 is 50.9 Å². The van der Waals surface area contributed by atoms with E-state index in [1.165, 1.54) is 30.3 Å². The quantitative estimate of drug-likeness (QED) is 0.166. The molecule has 0 aliphatic carbocycles. The number of aromatic carboxylic acids is 1. The van der Waals surface area contributed by atoms with E-state index in [4.69, 9.17) is 17.3 Å². The summed E-state index contributed by atoms with van der Waals surface area (Å²) in [5, 5.41) is 21.2. The molecule has 1 saturated heterocycles. The molecule has 1 aliphatic heterocycles. The normalized spacial score (nSPS) is 14.8. The maximum absolute atomic E-state index is 13.2. The molecule has 43 heavy (non-hydrogen) atoms. The average molecular weight is 643 g/mol. The summed E-state index contributed by atoms with van der Waals surface area (Å²) in [4.78, 5) is 44.2. The number of alkyl halides is 6. The molecule has 1 fully saturated rings. The molecule has 2 aromatic heterocycles. The van der Waals surface area contributed by atoms with E-state index in [2.05, 4.69) is 15.3 Å². The van der Waals surface area contributed by atoms with Crippen LogP contribution >= 0.6 is 24.0 Å². The summed E-state index contributed by atoms with van der Waals surface area (Å²) in [6, 6.07) is 8.20. The minimum atomic E-state index is -5.15. The zero-order chi connectivity index (χ0) is 31.7. The number of nitrogens with zero attached hydrogens (tertiary/aromatic N) is 3. The van der Waals surface area contributed by atoms with Crippen LogP contribution in [-0.2, 0) is 21.9 Å². The van der Waals surface area contributed by atoms with Crippen molar-refractivity contribution in [3.8, 4) is 17.0 Å². The molecule has 4 rings (SSSR count). The van der Waals surface area contributed by atoms with Crippen molar-refractivity contribution in [2.24, 2.45) is 0 Å². The van der Waals surface area contributed by atoms with Crippen molar-refractivity contribution >= 4 is 57.8 Å². The summed E-state index contributed by atoms with van der Waals surface area (Å²) in [5.74, 6) is -3.11. The van der Waals surface area contributed by atoms with Crippen LogP contribution in [0.15, 0.2) is 53.4 Å². The number of nitrogens with one attached hydrogen (secondary N) is 1. The van der Waals surface area contributed by atoms with Gasteiger partial charge in [0.1, 0.15) is 27.0 Å². The molecule has 3 aromatic rings. The lowest BCUT2D eigenvalue weighted by Crippen LogP contribution is -2.31. The van der Waals surface area contributed by atoms with Crippen LogP contribution in [0, 0.1) is 0 Å². The lowest BCUT2D eigenvalue weighted by molar-refractivity contribution is -0.150. The van der Waals surface area contributed by atoms with E-state index in [-0.39, 0.29) is 44.8 Å². The molecule has 3 heterocycles. The maximum Gasteiger partial charge on any atom is 0.433 e. The Labute approximate surface area is 247 Å².